The second-order valence-corrected chi connectivity index (χ2v) is 2.89. The maximum absolute atomic E-state index is 11.1. The average Bonchev–Trinajstić information content (AvgIpc) is 2.14. The van der Waals surface area contributed by atoms with Crippen molar-refractivity contribution in [3.05, 3.63) is 12.2 Å². The third-order valence-electron chi connectivity index (χ3n) is 1.36. The highest BCUT2D eigenvalue weighted by atomic mass is 16.7. The van der Waals surface area contributed by atoms with Gasteiger partial charge in [0.1, 0.15) is 0 Å². The number of hydroxylamine groups is 2. The van der Waals surface area contributed by atoms with Crippen LogP contribution in [0.1, 0.15) is 13.8 Å². The van der Waals surface area contributed by atoms with Gasteiger partial charge in [-0.3, -0.25) is 4.79 Å². The summed E-state index contributed by atoms with van der Waals surface area (Å²) in [5, 5.41) is 0.740. The number of primary amides is 1. The Bertz CT molecular complexity index is 349. The smallest absolute Gasteiger partial charge is 0.350 e. The van der Waals surface area contributed by atoms with E-state index in [2.05, 4.69) is 16.4 Å². The Labute approximate surface area is 92.5 Å². The number of aliphatic imine (C=N–C) groups is 1. The molecule has 7 heteroatoms. The molecule has 0 saturated carbocycles. The fourth-order valence-electron chi connectivity index (χ4n) is 0.613. The highest BCUT2D eigenvalue weighted by Gasteiger charge is 2.14. The van der Waals surface area contributed by atoms with Crippen LogP contribution in [0.5, 0.6) is 0 Å². The lowest BCUT2D eigenvalue weighted by Crippen LogP contribution is -2.33. The van der Waals surface area contributed by atoms with Gasteiger partial charge in [-0.15, -0.1) is 0 Å². The molecule has 88 valence electrons. The number of nitrogens with two attached hydrogens (primary N) is 1. The van der Waals surface area contributed by atoms with Crippen LogP contribution in [-0.4, -0.2) is 35.7 Å². The number of amides is 3. The van der Waals surface area contributed by atoms with Crippen LogP contribution in [0, 0.1) is 0 Å². The van der Waals surface area contributed by atoms with Crippen molar-refractivity contribution in [2.75, 3.05) is 6.54 Å². The van der Waals surface area contributed by atoms with Crippen LogP contribution < -0.4 is 5.73 Å². The lowest BCUT2D eigenvalue weighted by molar-refractivity contribution is -0.189. The summed E-state index contributed by atoms with van der Waals surface area (Å²) in [6, 6.07) is -0.894. The van der Waals surface area contributed by atoms with Gasteiger partial charge >= 0.3 is 12.0 Å². The molecule has 0 aromatic heterocycles. The van der Waals surface area contributed by atoms with Crippen molar-refractivity contribution >= 4 is 24.1 Å². The molecule has 0 radical (unpaired) electrons. The molecule has 0 heterocycles. The summed E-state index contributed by atoms with van der Waals surface area (Å²) in [7, 11) is 0. The minimum absolute atomic E-state index is 0.151. The second kappa shape index (κ2) is 6.33. The molecule has 0 aliphatic rings. The Morgan fingerprint density at radius 2 is 2.00 bits per heavy atom. The number of hydrogen-bond acceptors (Lipinski definition) is 4. The molecule has 0 saturated heterocycles. The maximum Gasteiger partial charge on any atom is 0.358 e. The summed E-state index contributed by atoms with van der Waals surface area (Å²) in [6.07, 6.45) is 1.06. The summed E-state index contributed by atoms with van der Waals surface area (Å²) >= 11 is 0. The first-order valence-electron chi connectivity index (χ1n) is 4.32. The third kappa shape index (κ3) is 5.53. The van der Waals surface area contributed by atoms with Gasteiger partial charge in [-0.1, -0.05) is 6.58 Å². The molecule has 3 amide bonds. The van der Waals surface area contributed by atoms with Gasteiger partial charge in [0.25, 0.3) is 5.91 Å². The van der Waals surface area contributed by atoms with E-state index in [1.807, 2.05) is 0 Å². The molecule has 0 aromatic rings. The van der Waals surface area contributed by atoms with Gasteiger partial charge in [-0.25, -0.2) is 14.6 Å². The van der Waals surface area contributed by atoms with Gasteiger partial charge in [-0.05, 0) is 6.92 Å². The summed E-state index contributed by atoms with van der Waals surface area (Å²) in [5.41, 5.74) is 4.89. The molecule has 2 N–H and O–H groups in total. The molecule has 0 aromatic carbocycles. The number of carbonyl (C=O) groups is 3. The quantitative estimate of drug-likeness (QED) is 0.417. The maximum atomic E-state index is 11.1. The van der Waals surface area contributed by atoms with Gasteiger partial charge in [-0.2, -0.15) is 5.06 Å². The first-order chi connectivity index (χ1) is 7.34. The van der Waals surface area contributed by atoms with Gasteiger partial charge in [0.15, 0.2) is 0 Å². The Balaban J connectivity index is 4.40. The molecule has 16 heavy (non-hydrogen) atoms. The van der Waals surface area contributed by atoms with Crippen LogP contribution >= 0.6 is 0 Å². The van der Waals surface area contributed by atoms with E-state index in [1.54, 1.807) is 0 Å². The minimum atomic E-state index is -0.894. The van der Waals surface area contributed by atoms with Crippen molar-refractivity contribution in [3.8, 4) is 0 Å². The first kappa shape index (κ1) is 13.8. The highest BCUT2D eigenvalue weighted by Crippen LogP contribution is 1.97. The molecular weight excluding hydrogens is 214 g/mol. The lowest BCUT2D eigenvalue weighted by atomic mass is 10.4. The third-order valence-corrected chi connectivity index (χ3v) is 1.36. The van der Waals surface area contributed by atoms with Crippen molar-refractivity contribution in [1.29, 1.82) is 0 Å². The molecule has 0 aliphatic carbocycles. The number of carbonyl (C=O) groups excluding carboxylic acids is 3. The topological polar surface area (TPSA) is 102 Å². The Kier molecular flexibility index (Phi) is 5.47. The van der Waals surface area contributed by atoms with Crippen molar-refractivity contribution in [2.45, 2.75) is 13.8 Å². The molecule has 0 fully saturated rings. The van der Waals surface area contributed by atoms with E-state index in [4.69, 9.17) is 5.73 Å². The fourth-order valence-corrected chi connectivity index (χ4v) is 0.613. The molecule has 0 atom stereocenters. The van der Waals surface area contributed by atoms with E-state index in [-0.39, 0.29) is 12.1 Å². The standard InChI is InChI=1S/C9H13N3O4/c1-6(2)8(14)16-12(7(3)13)5-4-11-9(10)15/h4H,1,5H2,2-3H3,(H2,10,15). The Hall–Kier alpha value is -2.18. The zero-order chi connectivity index (χ0) is 12.7. The van der Waals surface area contributed by atoms with E-state index < -0.39 is 17.9 Å². The number of urea groups is 1. The van der Waals surface area contributed by atoms with Crippen molar-refractivity contribution in [1.82, 2.24) is 5.06 Å². The van der Waals surface area contributed by atoms with Crippen LogP contribution in [0.4, 0.5) is 4.79 Å². The monoisotopic (exact) mass is 227 g/mol. The van der Waals surface area contributed by atoms with E-state index in [1.165, 1.54) is 13.8 Å². The first-order valence-corrected chi connectivity index (χ1v) is 4.32. The zero-order valence-corrected chi connectivity index (χ0v) is 9.10. The number of nitrogens with zero attached hydrogens (tertiary/aromatic N) is 2. The fraction of sp³-hybridized carbons (Fsp3) is 0.333. The molecule has 0 spiro atoms. The molecule has 0 bridgehead atoms. The summed E-state index contributed by atoms with van der Waals surface area (Å²) in [4.78, 5) is 40.3. The van der Waals surface area contributed by atoms with Crippen LogP contribution in [0.25, 0.3) is 0 Å². The zero-order valence-electron chi connectivity index (χ0n) is 9.10. The van der Waals surface area contributed by atoms with Crippen molar-refractivity contribution in [2.24, 2.45) is 10.7 Å². The Morgan fingerprint density at radius 1 is 1.44 bits per heavy atom. The lowest BCUT2D eigenvalue weighted by Gasteiger charge is -2.17. The van der Waals surface area contributed by atoms with Crippen LogP contribution in [0.15, 0.2) is 17.1 Å². The minimum Gasteiger partial charge on any atom is -0.350 e. The van der Waals surface area contributed by atoms with Gasteiger partial charge < -0.3 is 10.6 Å². The Morgan fingerprint density at radius 3 is 2.38 bits per heavy atom. The van der Waals surface area contributed by atoms with Gasteiger partial charge in [0.05, 0.1) is 6.54 Å². The van der Waals surface area contributed by atoms with E-state index in [0.29, 0.717) is 0 Å². The van der Waals surface area contributed by atoms with Crippen LogP contribution in [0.3, 0.4) is 0 Å². The summed E-state index contributed by atoms with van der Waals surface area (Å²) < 4.78 is 0. The van der Waals surface area contributed by atoms with Crippen LogP contribution in [-0.2, 0) is 14.4 Å². The van der Waals surface area contributed by atoms with E-state index in [9.17, 15) is 14.4 Å². The summed E-state index contributed by atoms with van der Waals surface area (Å²) in [5.74, 6) is -1.24. The number of hydrogen-bond donors (Lipinski definition) is 1. The van der Waals surface area contributed by atoms with Crippen molar-refractivity contribution in [3.63, 3.8) is 0 Å². The van der Waals surface area contributed by atoms with E-state index in [0.717, 1.165) is 11.3 Å². The predicted molar refractivity (Wildman–Crippen MR) is 56.4 cm³/mol. The number of rotatable bonds is 3. The van der Waals surface area contributed by atoms with E-state index >= 15 is 0 Å². The normalized spacial score (nSPS) is 9.88. The van der Waals surface area contributed by atoms with Crippen LogP contribution in [0.2, 0.25) is 0 Å². The highest BCUT2D eigenvalue weighted by molar-refractivity contribution is 5.89. The molecular formula is C9H13N3O4. The van der Waals surface area contributed by atoms with Gasteiger partial charge in [0, 0.05) is 18.7 Å². The average molecular weight is 227 g/mol. The SMILES string of the molecule is C=C(C)C(=O)ON(CC=NC(N)=O)C(C)=O. The van der Waals surface area contributed by atoms with Gasteiger partial charge in [0.2, 0.25) is 0 Å². The molecule has 0 unspecified atom stereocenters. The summed E-state index contributed by atoms with van der Waals surface area (Å²) in [6.45, 7) is 5.84. The largest absolute Gasteiger partial charge is 0.358 e. The predicted octanol–water partition coefficient (Wildman–Crippen LogP) is 0.0187. The molecule has 0 aliphatic heterocycles. The molecule has 0 rings (SSSR count). The molecule has 7 nitrogen and oxygen atoms in total. The second-order valence-electron chi connectivity index (χ2n) is 2.89. The van der Waals surface area contributed by atoms with Crippen molar-refractivity contribution < 1.29 is 19.2 Å².